The number of carbonyl (C=O) groups is 1. The number of rotatable bonds is 6. The Hall–Kier alpha value is -3.80. The highest BCUT2D eigenvalue weighted by Crippen LogP contribution is 2.40. The van der Waals surface area contributed by atoms with Crippen LogP contribution in [0, 0.1) is 24.0 Å². The number of benzene rings is 2. The van der Waals surface area contributed by atoms with Gasteiger partial charge in [0.1, 0.15) is 0 Å². The van der Waals surface area contributed by atoms with Crippen LogP contribution in [0.1, 0.15) is 29.4 Å². The van der Waals surface area contributed by atoms with Crippen LogP contribution in [0.5, 0.6) is 0 Å². The molecule has 2 aliphatic rings. The average Bonchev–Trinajstić information content (AvgIpc) is 3.35. The molecular weight excluding hydrogens is 508 g/mol. The third kappa shape index (κ3) is 4.32. The van der Waals surface area contributed by atoms with Crippen LogP contribution in [0.15, 0.2) is 53.4 Å². The van der Waals surface area contributed by atoms with Gasteiger partial charge in [0, 0.05) is 60.0 Å². The summed E-state index contributed by atoms with van der Waals surface area (Å²) in [5, 5.41) is 11.0. The molecule has 0 atom stereocenters. The van der Waals surface area contributed by atoms with Crippen LogP contribution in [-0.4, -0.2) is 61.0 Å². The molecule has 38 heavy (non-hydrogen) atoms. The third-order valence-corrected chi connectivity index (χ3v) is 8.93. The monoisotopic (exact) mass is 536 g/mol. The van der Waals surface area contributed by atoms with E-state index in [-0.39, 0.29) is 29.6 Å². The van der Waals surface area contributed by atoms with Crippen molar-refractivity contribution in [3.63, 3.8) is 0 Å². The molecule has 0 unspecified atom stereocenters. The molecule has 3 aromatic rings. The zero-order valence-electron chi connectivity index (χ0n) is 21.4. The zero-order chi connectivity index (χ0) is 27.2. The van der Waals surface area contributed by atoms with E-state index in [1.807, 2.05) is 31.4 Å². The number of morpholine rings is 1. The average molecular weight is 537 g/mol. The van der Waals surface area contributed by atoms with Crippen molar-refractivity contribution in [3.05, 3.63) is 81.2 Å². The summed E-state index contributed by atoms with van der Waals surface area (Å²) in [5.41, 5.74) is 4.99. The highest BCUT2D eigenvalue weighted by molar-refractivity contribution is 7.89. The Bertz CT molecular complexity index is 1570. The molecule has 0 saturated carbocycles. The Morgan fingerprint density at radius 2 is 1.74 bits per heavy atom. The lowest BCUT2D eigenvalue weighted by atomic mass is 10.0. The first-order valence-corrected chi connectivity index (χ1v) is 13.8. The van der Waals surface area contributed by atoms with Crippen molar-refractivity contribution in [2.45, 2.75) is 25.7 Å². The lowest BCUT2D eigenvalue weighted by Crippen LogP contribution is -2.40. The molecule has 10 nitrogen and oxygen atoms in total. The Kier molecular flexibility index (Phi) is 6.68. The Balaban J connectivity index is 1.58. The molecule has 0 bridgehead atoms. The molecule has 3 heterocycles. The van der Waals surface area contributed by atoms with Crippen molar-refractivity contribution in [1.29, 1.82) is 0 Å². The van der Waals surface area contributed by atoms with Crippen molar-refractivity contribution >= 4 is 39.0 Å². The van der Waals surface area contributed by atoms with E-state index in [1.54, 1.807) is 41.3 Å². The summed E-state index contributed by atoms with van der Waals surface area (Å²) in [6, 6.07) is 13.1. The number of nitro benzene ring substituents is 1. The summed E-state index contributed by atoms with van der Waals surface area (Å²) < 4.78 is 35.3. The first-order chi connectivity index (χ1) is 18.1. The molecule has 1 amide bonds. The second-order valence-corrected chi connectivity index (χ2v) is 11.2. The lowest BCUT2D eigenvalue weighted by molar-refractivity contribution is -0.384. The van der Waals surface area contributed by atoms with Gasteiger partial charge in [-0.3, -0.25) is 14.9 Å². The van der Waals surface area contributed by atoms with Gasteiger partial charge in [-0.15, -0.1) is 0 Å². The van der Waals surface area contributed by atoms with Gasteiger partial charge < -0.3 is 14.2 Å². The maximum Gasteiger partial charge on any atom is 0.269 e. The fraction of sp³-hybridized carbons (Fsp3) is 0.296. The molecule has 1 fully saturated rings. The number of hydrogen-bond donors (Lipinski definition) is 0. The molecule has 0 spiro atoms. The number of amides is 1. The molecule has 5 rings (SSSR count). The Labute approximate surface area is 220 Å². The number of hydrogen-bond acceptors (Lipinski definition) is 6. The first kappa shape index (κ1) is 25.8. The summed E-state index contributed by atoms with van der Waals surface area (Å²) >= 11 is 0. The highest BCUT2D eigenvalue weighted by Gasteiger charge is 2.34. The van der Waals surface area contributed by atoms with E-state index in [0.717, 1.165) is 22.6 Å². The topological polar surface area (TPSA) is 115 Å². The minimum atomic E-state index is -3.73. The standard InChI is InChI=1S/C27H28N4O6S/c1-4-29-26-10-9-23(38(35,36)28-11-13-37-14-12-28)17-24(26)25(27(29)32)16-20-15-18(2)30(19(20)3)21-5-7-22(8-6-21)31(33)34/h5-10,15-17H,4,11-14H2,1-3H3/b25-16+. The van der Waals surface area contributed by atoms with Gasteiger partial charge in [-0.05, 0) is 68.8 Å². The molecule has 0 radical (unpaired) electrons. The second kappa shape index (κ2) is 9.82. The van der Waals surface area contributed by atoms with E-state index < -0.39 is 14.9 Å². The predicted octanol–water partition coefficient (Wildman–Crippen LogP) is 3.93. The van der Waals surface area contributed by atoms with Crippen LogP contribution in [0.2, 0.25) is 0 Å². The number of fused-ring (bicyclic) bond motifs is 1. The predicted molar refractivity (Wildman–Crippen MR) is 144 cm³/mol. The SMILES string of the molecule is CCN1C(=O)/C(=C/c2cc(C)n(-c3ccc([N+](=O)[O-])cc3)c2C)c2cc(S(=O)(=O)N3CCOCC3)ccc21. The van der Waals surface area contributed by atoms with Crippen LogP contribution >= 0.6 is 0 Å². The lowest BCUT2D eigenvalue weighted by Gasteiger charge is -2.26. The van der Waals surface area contributed by atoms with Crippen LogP contribution in [0.4, 0.5) is 11.4 Å². The quantitative estimate of drug-likeness (QED) is 0.268. The number of ether oxygens (including phenoxy) is 1. The largest absolute Gasteiger partial charge is 0.379 e. The van der Waals surface area contributed by atoms with Crippen molar-refractivity contribution in [1.82, 2.24) is 8.87 Å². The number of aromatic nitrogens is 1. The first-order valence-electron chi connectivity index (χ1n) is 12.3. The van der Waals surface area contributed by atoms with E-state index in [0.29, 0.717) is 36.6 Å². The summed E-state index contributed by atoms with van der Waals surface area (Å²) in [7, 11) is -3.73. The van der Waals surface area contributed by atoms with E-state index in [1.165, 1.54) is 16.4 Å². The molecule has 2 aliphatic heterocycles. The van der Waals surface area contributed by atoms with Gasteiger partial charge >= 0.3 is 0 Å². The van der Waals surface area contributed by atoms with E-state index in [9.17, 15) is 23.3 Å². The Morgan fingerprint density at radius 1 is 1.05 bits per heavy atom. The van der Waals surface area contributed by atoms with Crippen LogP contribution < -0.4 is 4.90 Å². The van der Waals surface area contributed by atoms with Crippen molar-refractivity contribution < 1.29 is 22.9 Å². The fourth-order valence-corrected chi connectivity index (χ4v) is 6.53. The third-order valence-electron chi connectivity index (χ3n) is 7.04. The summed E-state index contributed by atoms with van der Waals surface area (Å²) in [5.74, 6) is -0.191. The maximum absolute atomic E-state index is 13.4. The number of nitro groups is 1. The minimum Gasteiger partial charge on any atom is -0.379 e. The number of aryl methyl sites for hydroxylation is 1. The molecule has 0 N–H and O–H groups in total. The van der Waals surface area contributed by atoms with Gasteiger partial charge in [0.25, 0.3) is 11.6 Å². The van der Waals surface area contributed by atoms with Gasteiger partial charge in [-0.25, -0.2) is 8.42 Å². The van der Waals surface area contributed by atoms with Gasteiger partial charge in [0.2, 0.25) is 10.0 Å². The summed E-state index contributed by atoms with van der Waals surface area (Å²) in [4.78, 5) is 25.8. The van der Waals surface area contributed by atoms with E-state index in [4.69, 9.17) is 4.74 Å². The number of non-ortho nitro benzene ring substituents is 1. The van der Waals surface area contributed by atoms with Crippen molar-refractivity contribution in [2.24, 2.45) is 0 Å². The molecular formula is C27H28N4O6S. The van der Waals surface area contributed by atoms with Gasteiger partial charge in [-0.1, -0.05) is 0 Å². The summed E-state index contributed by atoms with van der Waals surface area (Å²) in [6.45, 7) is 7.44. The minimum absolute atomic E-state index is 0.00852. The summed E-state index contributed by atoms with van der Waals surface area (Å²) in [6.07, 6.45) is 1.80. The molecule has 198 valence electrons. The van der Waals surface area contributed by atoms with Crippen LogP contribution in [0.3, 0.4) is 0 Å². The highest BCUT2D eigenvalue weighted by atomic mass is 32.2. The Morgan fingerprint density at radius 3 is 2.37 bits per heavy atom. The smallest absolute Gasteiger partial charge is 0.269 e. The van der Waals surface area contributed by atoms with Gasteiger partial charge in [0.05, 0.1) is 28.7 Å². The van der Waals surface area contributed by atoms with Gasteiger partial charge in [0.15, 0.2) is 0 Å². The van der Waals surface area contributed by atoms with Crippen molar-refractivity contribution in [3.8, 4) is 5.69 Å². The number of likely N-dealkylation sites (N-methyl/N-ethyl adjacent to an activating group) is 1. The molecule has 1 aromatic heterocycles. The number of anilines is 1. The zero-order valence-corrected chi connectivity index (χ0v) is 22.2. The van der Waals surface area contributed by atoms with E-state index in [2.05, 4.69) is 0 Å². The van der Waals surface area contributed by atoms with E-state index >= 15 is 0 Å². The fourth-order valence-electron chi connectivity index (χ4n) is 5.10. The van der Waals surface area contributed by atoms with Crippen LogP contribution in [-0.2, 0) is 19.6 Å². The molecule has 1 saturated heterocycles. The molecule has 11 heteroatoms. The molecule has 0 aliphatic carbocycles. The van der Waals surface area contributed by atoms with Crippen LogP contribution in [0.25, 0.3) is 17.3 Å². The number of sulfonamides is 1. The maximum atomic E-state index is 13.4. The molecule has 2 aromatic carbocycles. The number of nitrogens with zero attached hydrogens (tertiary/aromatic N) is 4. The normalized spacial score (nSPS) is 17.3. The van der Waals surface area contributed by atoms with Gasteiger partial charge in [-0.2, -0.15) is 4.31 Å². The van der Waals surface area contributed by atoms with Crippen molar-refractivity contribution in [2.75, 3.05) is 37.7 Å². The number of carbonyl (C=O) groups excluding carboxylic acids is 1. The second-order valence-electron chi connectivity index (χ2n) is 9.24.